The molecule has 3 aliphatic rings. The van der Waals surface area contributed by atoms with Crippen LogP contribution in [0.5, 0.6) is 5.75 Å². The number of carbonyl (C=O) groups excluding carboxylic acids is 3. The lowest BCUT2D eigenvalue weighted by Crippen LogP contribution is -2.57. The van der Waals surface area contributed by atoms with E-state index in [1.807, 2.05) is 55.5 Å². The smallest absolute Gasteiger partial charge is 0.248 e. The molecule has 3 saturated heterocycles. The molecule has 1 spiro atoms. The van der Waals surface area contributed by atoms with E-state index in [1.54, 1.807) is 45.3 Å². The lowest BCUT2D eigenvalue weighted by molar-refractivity contribution is -0.146. The van der Waals surface area contributed by atoms with E-state index in [2.05, 4.69) is 39.4 Å². The van der Waals surface area contributed by atoms with Crippen LogP contribution in [0.1, 0.15) is 20.3 Å². The lowest BCUT2D eigenvalue weighted by atomic mass is 9.70. The van der Waals surface area contributed by atoms with Gasteiger partial charge in [-0.1, -0.05) is 45.4 Å². The fraction of sp³-hybridized carbons (Fsp3) is 0.441. The maximum absolute atomic E-state index is 14.8. The zero-order valence-electron chi connectivity index (χ0n) is 26.4. The van der Waals surface area contributed by atoms with Crippen LogP contribution in [0.2, 0.25) is 0 Å². The molecule has 0 saturated carbocycles. The van der Waals surface area contributed by atoms with Crippen molar-refractivity contribution in [3.8, 4) is 5.75 Å². The zero-order chi connectivity index (χ0) is 33.5. The Hall–Kier alpha value is -3.68. The number of hydrogen-bond acceptors (Lipinski definition) is 8. The molecule has 3 unspecified atom stereocenters. The Labute approximate surface area is 286 Å². The summed E-state index contributed by atoms with van der Waals surface area (Å²) in [5, 5.41) is 18.6. The van der Waals surface area contributed by atoms with Crippen molar-refractivity contribution >= 4 is 62.1 Å². The van der Waals surface area contributed by atoms with Crippen molar-refractivity contribution < 1.29 is 24.2 Å². The third-order valence-corrected chi connectivity index (χ3v) is 12.6. The number of rotatable bonds is 13. The molecular weight excluding hydrogens is 684 g/mol. The average molecular weight is 724 g/mol. The van der Waals surface area contributed by atoms with Crippen LogP contribution < -0.4 is 9.64 Å². The van der Waals surface area contributed by atoms with Crippen LogP contribution in [0.25, 0.3) is 11.0 Å². The van der Waals surface area contributed by atoms with Crippen molar-refractivity contribution in [2.24, 2.45) is 11.8 Å². The molecule has 7 atom stereocenters. The number of ether oxygens (including phenoxy) is 1. The summed E-state index contributed by atoms with van der Waals surface area (Å²) in [6.07, 6.45) is 3.83. The quantitative estimate of drug-likeness (QED) is 0.209. The largest absolute Gasteiger partial charge is 0.494 e. The highest BCUT2D eigenvalue weighted by Gasteiger charge is 2.76. The molecule has 4 heterocycles. The first-order chi connectivity index (χ1) is 22.7. The monoisotopic (exact) mass is 722 g/mol. The molecular formula is C34H39BrN6O5S. The van der Waals surface area contributed by atoms with Gasteiger partial charge in [-0.2, -0.15) is 0 Å². The number of amides is 3. The van der Waals surface area contributed by atoms with Gasteiger partial charge in [-0.05, 0) is 56.7 Å². The van der Waals surface area contributed by atoms with Gasteiger partial charge in [-0.3, -0.25) is 14.4 Å². The summed E-state index contributed by atoms with van der Waals surface area (Å²) in [4.78, 5) is 48.7. The number of hydrogen-bond donors (Lipinski definition) is 1. The average Bonchev–Trinajstić information content (AvgIpc) is 3.80. The molecule has 11 nitrogen and oxygen atoms in total. The second kappa shape index (κ2) is 13.4. The summed E-state index contributed by atoms with van der Waals surface area (Å²) >= 11 is 5.41. The molecule has 6 rings (SSSR count). The third kappa shape index (κ3) is 5.55. The summed E-state index contributed by atoms with van der Waals surface area (Å²) in [5.41, 5.74) is 2.14. The Morgan fingerprint density at radius 3 is 2.57 bits per heavy atom. The van der Waals surface area contributed by atoms with Crippen LogP contribution in [0.3, 0.4) is 0 Å². The minimum atomic E-state index is -0.914. The van der Waals surface area contributed by atoms with Gasteiger partial charge in [0, 0.05) is 28.9 Å². The fourth-order valence-corrected chi connectivity index (χ4v) is 11.0. The number of alkyl halides is 1. The van der Waals surface area contributed by atoms with Crippen LogP contribution in [-0.4, -0.2) is 101 Å². The van der Waals surface area contributed by atoms with E-state index in [0.717, 1.165) is 5.52 Å². The number of para-hydroxylation sites is 1. The van der Waals surface area contributed by atoms with Crippen LogP contribution >= 0.6 is 27.7 Å². The molecule has 1 aromatic heterocycles. The number of likely N-dealkylation sites (tertiary alicyclic amines) is 1. The molecule has 2 aromatic carbocycles. The van der Waals surface area contributed by atoms with Gasteiger partial charge >= 0.3 is 0 Å². The van der Waals surface area contributed by atoms with Gasteiger partial charge in [0.05, 0.1) is 41.4 Å². The van der Waals surface area contributed by atoms with E-state index >= 15 is 0 Å². The first kappa shape index (κ1) is 33.2. The first-order valence-electron chi connectivity index (χ1n) is 15.8. The summed E-state index contributed by atoms with van der Waals surface area (Å²) in [6, 6.07) is 13.2. The van der Waals surface area contributed by atoms with Gasteiger partial charge in [0.2, 0.25) is 17.7 Å². The molecule has 3 fully saturated rings. The van der Waals surface area contributed by atoms with Gasteiger partial charge in [-0.25, -0.2) is 4.68 Å². The Bertz CT molecular complexity index is 1680. The number of thioether (sulfide) groups is 1. The highest BCUT2D eigenvalue weighted by Crippen LogP contribution is 2.68. The number of aromatic nitrogens is 3. The summed E-state index contributed by atoms with van der Waals surface area (Å²) in [6.45, 7) is 12.2. The molecule has 3 aliphatic heterocycles. The number of fused-ring (bicyclic) bond motifs is 2. The number of halogens is 1. The first-order valence-corrected chi connectivity index (χ1v) is 17.6. The molecule has 47 heavy (non-hydrogen) atoms. The Kier molecular flexibility index (Phi) is 9.50. The van der Waals surface area contributed by atoms with E-state index in [-0.39, 0.29) is 54.2 Å². The van der Waals surface area contributed by atoms with Gasteiger partial charge < -0.3 is 24.5 Å². The van der Waals surface area contributed by atoms with E-state index in [1.165, 1.54) is 4.90 Å². The molecule has 1 N–H and O–H groups in total. The number of carbonyl (C=O) groups is 3. The minimum absolute atomic E-state index is 0.0944. The van der Waals surface area contributed by atoms with Crippen LogP contribution in [0.15, 0.2) is 73.8 Å². The maximum Gasteiger partial charge on any atom is 0.248 e. The summed E-state index contributed by atoms with van der Waals surface area (Å²) in [7, 11) is 0. The molecule has 3 aromatic rings. The maximum atomic E-state index is 14.8. The predicted octanol–water partition coefficient (Wildman–Crippen LogP) is 3.87. The highest BCUT2D eigenvalue weighted by atomic mass is 79.9. The lowest BCUT2D eigenvalue weighted by Gasteiger charge is -2.39. The molecule has 13 heteroatoms. The SMILES string of the molecule is C=CCN(Cn1nnc2ccccc21)C(=O)C1N([C@H](C)CO)C(=O)[C@@H]2[C@@H](C(=O)N(CC=C)c3ccc(OCC)cc3)[C@@H]3SC12CC3Br. The second-order valence-electron chi connectivity index (χ2n) is 12.2. The zero-order valence-corrected chi connectivity index (χ0v) is 28.8. The summed E-state index contributed by atoms with van der Waals surface area (Å²) < 4.78 is 6.37. The van der Waals surface area contributed by atoms with Crippen molar-refractivity contribution in [1.82, 2.24) is 24.8 Å². The Balaban J connectivity index is 1.38. The van der Waals surface area contributed by atoms with Gasteiger partial charge in [-0.15, -0.1) is 30.0 Å². The van der Waals surface area contributed by atoms with Crippen molar-refractivity contribution in [2.45, 2.75) is 53.8 Å². The van der Waals surface area contributed by atoms with Crippen LogP contribution in [0.4, 0.5) is 5.69 Å². The van der Waals surface area contributed by atoms with E-state index in [9.17, 15) is 19.5 Å². The fourth-order valence-electron chi connectivity index (χ4n) is 7.44. The number of nitrogens with zero attached hydrogens (tertiary/aromatic N) is 6. The predicted molar refractivity (Wildman–Crippen MR) is 185 cm³/mol. The van der Waals surface area contributed by atoms with Gasteiger partial charge in [0.25, 0.3) is 0 Å². The Morgan fingerprint density at radius 2 is 1.89 bits per heavy atom. The highest BCUT2D eigenvalue weighted by molar-refractivity contribution is 9.09. The molecule has 0 radical (unpaired) electrons. The molecule has 3 amide bonds. The van der Waals surface area contributed by atoms with Crippen molar-refractivity contribution in [1.29, 1.82) is 0 Å². The van der Waals surface area contributed by atoms with Gasteiger partial charge in [0.1, 0.15) is 24.0 Å². The van der Waals surface area contributed by atoms with Crippen LogP contribution in [0, 0.1) is 11.8 Å². The topological polar surface area (TPSA) is 121 Å². The molecule has 2 bridgehead atoms. The standard InChI is InChI=1S/C34H39BrN6O5S/c1-5-16-38(20-40-26-11-9-8-10-25(26)36-37-40)33(45)30-34-18-24(35)29(47-34)27(28(34)32(44)41(30)21(4)19-42)31(43)39(17-6-2)22-12-14-23(15-13-22)46-7-3/h5-6,8-15,21,24,27-30,42H,1-2,7,16-20H2,3-4H3/t21-,24?,27-,28+,29-,30?,34?/m1/s1. The number of aliphatic hydroxyl groups is 1. The summed E-state index contributed by atoms with van der Waals surface area (Å²) in [5.74, 6) is -1.52. The number of anilines is 1. The molecule has 248 valence electrons. The Morgan fingerprint density at radius 1 is 1.17 bits per heavy atom. The van der Waals surface area contributed by atoms with Crippen molar-refractivity contribution in [2.75, 3.05) is 31.2 Å². The normalized spacial score (nSPS) is 26.7. The molecule has 0 aliphatic carbocycles. The van der Waals surface area contributed by atoms with E-state index in [0.29, 0.717) is 30.0 Å². The number of benzene rings is 2. The van der Waals surface area contributed by atoms with Gasteiger partial charge in [0.15, 0.2) is 0 Å². The third-order valence-electron chi connectivity index (χ3n) is 9.41. The van der Waals surface area contributed by atoms with Crippen LogP contribution in [-0.2, 0) is 21.1 Å². The number of aliphatic hydroxyl groups excluding tert-OH is 1. The van der Waals surface area contributed by atoms with Crippen molar-refractivity contribution in [3.63, 3.8) is 0 Å². The van der Waals surface area contributed by atoms with E-state index in [4.69, 9.17) is 4.74 Å². The van der Waals surface area contributed by atoms with Crippen molar-refractivity contribution in [3.05, 3.63) is 73.8 Å². The van der Waals surface area contributed by atoms with E-state index < -0.39 is 28.7 Å². The minimum Gasteiger partial charge on any atom is -0.494 e. The second-order valence-corrected chi connectivity index (χ2v) is 14.9.